The Morgan fingerprint density at radius 3 is 0.970 bits per heavy atom. The van der Waals surface area contributed by atoms with E-state index in [4.69, 9.17) is 93.0 Å². The number of alkyl halides is 3. The van der Waals surface area contributed by atoms with E-state index >= 15 is 0 Å². The molecule has 5 N–H and O–H groups in total. The molecule has 3 aliphatic carbocycles. The molecule has 132 heavy (non-hydrogen) atoms. The van der Waals surface area contributed by atoms with Crippen LogP contribution >= 0.6 is 93.0 Å². The van der Waals surface area contributed by atoms with Crippen LogP contribution < -0.4 is 0 Å². The number of nitrogens with zero attached hydrogens (tertiary/aromatic N) is 5. The average molecular weight is 2170 g/mol. The van der Waals surface area contributed by atoms with Crippen LogP contribution in [0, 0.1) is 69.2 Å². The van der Waals surface area contributed by atoms with Crippen LogP contribution in [0.3, 0.4) is 0 Å². The molecule has 0 amide bonds. The van der Waals surface area contributed by atoms with Gasteiger partial charge in [-0.15, -0.1) is 0 Å². The van der Waals surface area contributed by atoms with Crippen LogP contribution in [0.5, 0.6) is 28.7 Å². The first-order valence-electron chi connectivity index (χ1n) is 43.6. The fourth-order valence-corrected chi connectivity index (χ4v) is 16.0. The Balaban J connectivity index is 0.000000282. The summed E-state index contributed by atoms with van der Waals surface area (Å²) in [6.45, 7) is 20.4. The molecule has 28 heteroatoms. The van der Waals surface area contributed by atoms with Crippen molar-refractivity contribution in [2.45, 2.75) is 215 Å². The zero-order valence-corrected chi connectivity index (χ0v) is 91.5. The predicted molar refractivity (Wildman–Crippen MR) is 541 cm³/mol. The number of aryl methyl sites for hydroxylation is 10. The third-order valence-electron chi connectivity index (χ3n) is 22.2. The van der Waals surface area contributed by atoms with Gasteiger partial charge in [0.2, 0.25) is 0 Å². The van der Waals surface area contributed by atoms with E-state index in [-0.39, 0.29) is 17.2 Å². The monoisotopic (exact) mass is 2160 g/mol. The van der Waals surface area contributed by atoms with Crippen molar-refractivity contribution in [1.29, 1.82) is 0 Å². The van der Waals surface area contributed by atoms with Crippen LogP contribution in [0.2, 0.25) is 0 Å². The van der Waals surface area contributed by atoms with Crippen LogP contribution in [-0.4, -0.2) is 56.6 Å². The summed E-state index contributed by atoms with van der Waals surface area (Å²) in [4.78, 5) is 22.2. The van der Waals surface area contributed by atoms with Gasteiger partial charge < -0.3 is 25.5 Å². The summed E-state index contributed by atoms with van der Waals surface area (Å²) >= 11 is -2.78. The summed E-state index contributed by atoms with van der Waals surface area (Å²) in [6.07, 6.45) is 27.3. The first kappa shape index (κ1) is 118. The molecule has 3 fully saturated rings. The minimum absolute atomic E-state index is 0.127. The molecule has 0 aromatic heterocycles. The molecule has 0 spiro atoms. The number of rotatable bonds is 14. The molecule has 11 aromatic carbocycles. The van der Waals surface area contributed by atoms with Gasteiger partial charge in [0.15, 0.2) is 0 Å². The van der Waals surface area contributed by atoms with Gasteiger partial charge in [0.05, 0.1) is 34.0 Å². The number of aliphatic imine (C=N–C) groups is 5. The number of aromatic hydroxyl groups is 5. The van der Waals surface area contributed by atoms with Crippen LogP contribution in [0.1, 0.15) is 245 Å². The van der Waals surface area contributed by atoms with Crippen molar-refractivity contribution in [2.75, 3.05) is 0 Å². The summed E-state index contributed by atoms with van der Waals surface area (Å²) in [7, 11) is 48.9. The summed E-state index contributed by atoms with van der Waals surface area (Å²) in [5, 5.41) is 52.9. The van der Waals surface area contributed by atoms with E-state index in [0.717, 1.165) is 138 Å². The van der Waals surface area contributed by atoms with Crippen molar-refractivity contribution in [2.24, 2.45) is 25.0 Å². The molecule has 0 atom stereocenters. The van der Waals surface area contributed by atoms with Crippen molar-refractivity contribution in [3.63, 3.8) is 0 Å². The van der Waals surface area contributed by atoms with E-state index in [0.29, 0.717) is 40.6 Å². The molecule has 0 heterocycles. The van der Waals surface area contributed by atoms with Crippen molar-refractivity contribution in [3.05, 3.63) is 318 Å². The van der Waals surface area contributed by atoms with E-state index in [1.54, 1.807) is 18.5 Å². The number of phenols is 5. The molecule has 3 aliphatic rings. The second-order valence-electron chi connectivity index (χ2n) is 32.3. The summed E-state index contributed by atoms with van der Waals surface area (Å²) in [5.74, 6) is 2.81. The SMILES string of the molecule is Cc1cc(C)c(O)c(C=Nc2ccccc2C)c1.Cc1cc(C)cc(N=Cc2cc(C)cc(C3CCCCCCC3)c2O)c1.Cc1cc(C=Nc2ccccc2C)c(O)c(-c2ccccc2)c1.Cc1cc(C=Nc2ccccc2C)c(O)c(C2CCCCCCC2)c1.Oc1c(C=Nc2ccccc2C(F)(F)F)cccc1C1CCCCC1.[Cl][Ti][Cl].[Cl][Ti][Cl].[Cl][Ti][Cl].[Cl][Ti][Cl].[Cl][Ti][Cl]. The van der Waals surface area contributed by atoms with Crippen molar-refractivity contribution in [3.8, 4) is 39.9 Å². The molecule has 0 saturated heterocycles. The molecule has 0 radical (unpaired) electrons. The molecule has 10 nitrogen and oxygen atoms in total. The van der Waals surface area contributed by atoms with Crippen LogP contribution in [0.15, 0.2) is 237 Å². The van der Waals surface area contributed by atoms with Crippen LogP contribution in [-0.2, 0) is 91.3 Å². The van der Waals surface area contributed by atoms with Gasteiger partial charge in [-0.1, -0.05) is 217 Å². The Bertz CT molecular complexity index is 5400. The molecular formula is C104H116Cl10F3N5O5Ti5. The number of hydrogen-bond acceptors (Lipinski definition) is 10. The maximum atomic E-state index is 13.0. The second kappa shape index (κ2) is 66.6. The van der Waals surface area contributed by atoms with E-state index in [2.05, 4.69) is 96.0 Å². The third kappa shape index (κ3) is 42.8. The molecule has 11 aromatic rings. The first-order valence-corrected chi connectivity index (χ1v) is 65.0. The normalized spacial score (nSPS) is 13.5. The molecule has 14 rings (SSSR count). The third-order valence-corrected chi connectivity index (χ3v) is 22.2. The fourth-order valence-electron chi connectivity index (χ4n) is 16.0. The molecular weight excluding hydrogens is 2050 g/mol. The number of halogens is 13. The van der Waals surface area contributed by atoms with Crippen molar-refractivity contribution < 1.29 is 124 Å². The predicted octanol–water partition coefficient (Wildman–Crippen LogP) is 36.1. The van der Waals surface area contributed by atoms with Crippen LogP contribution in [0.4, 0.5) is 41.6 Å². The zero-order valence-electron chi connectivity index (χ0n) is 76.1. The number of benzene rings is 11. The minimum atomic E-state index is -4.46. The van der Waals surface area contributed by atoms with Crippen LogP contribution in [0.25, 0.3) is 11.1 Å². The standard InChI is InChI=1S/C24H31NO.C23H29NO.C21H19NO.C20H20F3NO.C16H17NO.10ClH.5Ti/c1-17-11-18(2)14-22(13-17)25-16-21-12-19(3)15-23(24(21)26)20-9-7-5-4-6-8-10-20;1-17-14-20(16-24-22-13-9-8-10-18(22)2)23(25)21(15-17)19-11-6-4-3-5-7-12-19;1-15-12-18(14-22-20-11-7-6-8-16(20)2)21(23)19(13-15)17-9-4-3-5-10-17;21-20(22,23)17-11-4-5-12-18(17)24-13-15-9-6-10-16(19(15)25)14-7-2-1-3-8-14;1-11-8-13(3)16(18)14(9-11)10-17-15-7-5-4-6-12(15)2;;;;;;;;;;;;;;;/h11-16,20,26H,4-10H2,1-3H3;8-10,13-16,19,25H,3-7,11-12H2,1-2H3;3-14,23H,1-2H3;4-6,9-14,25H,1-3,7-8H2;4-10,18H,1-3H3;10*1H;;;;;/q;;;;;;;;;;;;;;;5*+2/p-10. The van der Waals surface area contributed by atoms with Crippen molar-refractivity contribution in [1.82, 2.24) is 0 Å². The Kier molecular flexibility index (Phi) is 59.3. The zero-order chi connectivity index (χ0) is 96.9. The number of phenolic OH excluding ortho intramolecular Hbond substituents is 5. The number of hydrogen-bond donors (Lipinski definition) is 5. The quantitative estimate of drug-likeness (QED) is 0.0540. The van der Waals surface area contributed by atoms with E-state index < -0.39 is 96.9 Å². The fraction of sp³-hybridized carbons (Fsp3) is 0.317. The Hall–Kier alpha value is -4.97. The van der Waals surface area contributed by atoms with Gasteiger partial charge in [-0.3, -0.25) is 25.0 Å². The summed E-state index contributed by atoms with van der Waals surface area (Å²) in [6, 6.07) is 67.0. The molecule has 3 saturated carbocycles. The van der Waals surface area contributed by atoms with Gasteiger partial charge in [-0.05, 0) is 282 Å². The first-order chi connectivity index (χ1) is 63.4. The Labute approximate surface area is 864 Å². The van der Waals surface area contributed by atoms with Gasteiger partial charge in [0.25, 0.3) is 0 Å². The van der Waals surface area contributed by atoms with Gasteiger partial charge in [-0.2, -0.15) is 13.2 Å². The van der Waals surface area contributed by atoms with E-state index in [9.17, 15) is 38.7 Å². The van der Waals surface area contributed by atoms with Gasteiger partial charge in [0.1, 0.15) is 28.7 Å². The van der Waals surface area contributed by atoms with Gasteiger partial charge >= 0.3 is 184 Å². The molecule has 698 valence electrons. The summed E-state index contributed by atoms with van der Waals surface area (Å²) < 4.78 is 39.1. The van der Waals surface area contributed by atoms with Gasteiger partial charge in [-0.25, -0.2) is 0 Å². The average Bonchev–Trinajstić information content (AvgIpc) is 0.818. The molecule has 0 aliphatic heterocycles. The molecule has 0 bridgehead atoms. The second-order valence-corrected chi connectivity index (χ2v) is 45.2. The van der Waals surface area contributed by atoms with Gasteiger partial charge in [0, 0.05) is 64.5 Å². The molecule has 0 unspecified atom stereocenters. The Morgan fingerprint density at radius 1 is 0.273 bits per heavy atom. The summed E-state index contributed by atoms with van der Waals surface area (Å²) in [5.41, 5.74) is 22.6. The Morgan fingerprint density at radius 2 is 0.568 bits per heavy atom. The van der Waals surface area contributed by atoms with E-state index in [1.165, 1.54) is 143 Å². The van der Waals surface area contributed by atoms with Crippen molar-refractivity contribution >= 4 is 153 Å². The maximum absolute atomic E-state index is 13.0. The topological polar surface area (TPSA) is 163 Å². The van der Waals surface area contributed by atoms with E-state index in [1.807, 2.05) is 193 Å². The number of para-hydroxylation sites is 5.